The van der Waals surface area contributed by atoms with E-state index in [0.29, 0.717) is 11.4 Å². The molecule has 4 nitrogen and oxygen atoms in total. The highest BCUT2D eigenvalue weighted by Crippen LogP contribution is 2.30. The van der Waals surface area contributed by atoms with Crippen molar-refractivity contribution in [3.05, 3.63) is 52.8 Å². The van der Waals surface area contributed by atoms with Crippen LogP contribution in [0.1, 0.15) is 10.4 Å². The van der Waals surface area contributed by atoms with Crippen LogP contribution in [0.4, 0.5) is 21.5 Å². The Hall–Kier alpha value is -2.27. The molecule has 104 valence electrons. The summed E-state index contributed by atoms with van der Waals surface area (Å²) in [6.07, 6.45) is 0. The summed E-state index contributed by atoms with van der Waals surface area (Å²) in [6.45, 7) is 0. The molecule has 2 aromatic carbocycles. The molecule has 2 rings (SSSR count). The number of nitrogens with two attached hydrogens (primary N) is 1. The second kappa shape index (κ2) is 5.79. The zero-order valence-corrected chi connectivity index (χ0v) is 11.4. The molecule has 0 spiro atoms. The monoisotopic (exact) mass is 294 g/mol. The Morgan fingerprint density at radius 3 is 2.70 bits per heavy atom. The van der Waals surface area contributed by atoms with E-state index in [2.05, 4.69) is 10.1 Å². The van der Waals surface area contributed by atoms with E-state index in [1.165, 1.54) is 25.3 Å². The van der Waals surface area contributed by atoms with E-state index in [1.54, 1.807) is 18.2 Å². The molecule has 0 unspecified atom stereocenters. The Balaban J connectivity index is 2.37. The lowest BCUT2D eigenvalue weighted by Crippen LogP contribution is -2.07. The molecule has 0 aliphatic carbocycles. The number of hydrogen-bond donors (Lipinski definition) is 2. The van der Waals surface area contributed by atoms with Crippen LogP contribution in [0.2, 0.25) is 5.02 Å². The SMILES string of the molecule is COC(=O)c1cccc(Nc2ccc(F)cc2Cl)c1N. The van der Waals surface area contributed by atoms with Gasteiger partial charge in [0.2, 0.25) is 0 Å². The predicted molar refractivity (Wildman–Crippen MR) is 76.9 cm³/mol. The quantitative estimate of drug-likeness (QED) is 0.671. The second-order valence-electron chi connectivity index (χ2n) is 4.01. The number of nitrogens with one attached hydrogen (secondary N) is 1. The average Bonchev–Trinajstić information content (AvgIpc) is 2.43. The summed E-state index contributed by atoms with van der Waals surface area (Å²) in [6, 6.07) is 8.84. The van der Waals surface area contributed by atoms with Gasteiger partial charge in [-0.3, -0.25) is 0 Å². The van der Waals surface area contributed by atoms with Crippen LogP contribution in [-0.2, 0) is 4.74 Å². The molecule has 3 N–H and O–H groups in total. The number of benzene rings is 2. The number of anilines is 3. The first kappa shape index (κ1) is 14.1. The molecule has 0 amide bonds. The van der Waals surface area contributed by atoms with Crippen molar-refractivity contribution in [1.29, 1.82) is 0 Å². The molecule has 6 heteroatoms. The zero-order valence-electron chi connectivity index (χ0n) is 10.6. The van der Waals surface area contributed by atoms with Gasteiger partial charge in [-0.05, 0) is 30.3 Å². The molecule has 20 heavy (non-hydrogen) atoms. The predicted octanol–water partition coefficient (Wildman–Crippen LogP) is 3.59. The lowest BCUT2D eigenvalue weighted by Gasteiger charge is -2.13. The van der Waals surface area contributed by atoms with Crippen molar-refractivity contribution in [3.63, 3.8) is 0 Å². The number of ether oxygens (including phenoxy) is 1. The third-order valence-corrected chi connectivity index (χ3v) is 3.02. The molecule has 2 aromatic rings. The number of halogens is 2. The zero-order chi connectivity index (χ0) is 14.7. The van der Waals surface area contributed by atoms with Gasteiger partial charge in [-0.15, -0.1) is 0 Å². The highest BCUT2D eigenvalue weighted by molar-refractivity contribution is 6.33. The molecule has 0 aromatic heterocycles. The van der Waals surface area contributed by atoms with Gasteiger partial charge in [0.1, 0.15) is 5.82 Å². The third kappa shape index (κ3) is 2.83. The normalized spacial score (nSPS) is 10.2. The number of nitrogen functional groups attached to an aromatic ring is 1. The number of methoxy groups -OCH3 is 1. The molecule has 0 atom stereocenters. The van der Waals surface area contributed by atoms with Gasteiger partial charge in [0.05, 0.1) is 34.8 Å². The van der Waals surface area contributed by atoms with Crippen molar-refractivity contribution in [2.45, 2.75) is 0 Å². The fourth-order valence-corrected chi connectivity index (χ4v) is 1.91. The van der Waals surface area contributed by atoms with Crippen LogP contribution in [0.5, 0.6) is 0 Å². The van der Waals surface area contributed by atoms with Crippen LogP contribution in [0.15, 0.2) is 36.4 Å². The molecular formula is C14H12ClFN2O2. The molecule has 0 fully saturated rings. The van der Waals surface area contributed by atoms with Crippen LogP contribution in [-0.4, -0.2) is 13.1 Å². The topological polar surface area (TPSA) is 64.3 Å². The van der Waals surface area contributed by atoms with E-state index in [4.69, 9.17) is 17.3 Å². The highest BCUT2D eigenvalue weighted by Gasteiger charge is 2.13. The van der Waals surface area contributed by atoms with Crippen molar-refractivity contribution >= 4 is 34.6 Å². The Labute approximate surface area is 120 Å². The van der Waals surface area contributed by atoms with Crippen molar-refractivity contribution in [2.75, 3.05) is 18.2 Å². The third-order valence-electron chi connectivity index (χ3n) is 2.71. The summed E-state index contributed by atoms with van der Waals surface area (Å²) < 4.78 is 17.6. The van der Waals surface area contributed by atoms with Gasteiger partial charge >= 0.3 is 5.97 Å². The molecule has 0 saturated carbocycles. The van der Waals surface area contributed by atoms with Crippen LogP contribution in [0, 0.1) is 5.82 Å². The van der Waals surface area contributed by atoms with E-state index >= 15 is 0 Å². The minimum atomic E-state index is -0.531. The minimum absolute atomic E-state index is 0.216. The first-order valence-corrected chi connectivity index (χ1v) is 6.09. The number of carbonyl (C=O) groups is 1. The fraction of sp³-hybridized carbons (Fsp3) is 0.0714. The summed E-state index contributed by atoms with van der Waals surface area (Å²) in [4.78, 5) is 11.5. The fourth-order valence-electron chi connectivity index (χ4n) is 1.70. The largest absolute Gasteiger partial charge is 0.465 e. The molecule has 0 bridgehead atoms. The van der Waals surface area contributed by atoms with E-state index in [-0.39, 0.29) is 16.3 Å². The molecule has 0 aliphatic heterocycles. The van der Waals surface area contributed by atoms with Gasteiger partial charge < -0.3 is 15.8 Å². The summed E-state index contributed by atoms with van der Waals surface area (Å²) in [5, 5.41) is 3.17. The summed E-state index contributed by atoms with van der Waals surface area (Å²) in [7, 11) is 1.28. The molecule has 0 radical (unpaired) electrons. The van der Waals surface area contributed by atoms with Crippen molar-refractivity contribution in [2.24, 2.45) is 0 Å². The maximum atomic E-state index is 13.0. The van der Waals surface area contributed by atoms with Crippen LogP contribution in [0.25, 0.3) is 0 Å². The van der Waals surface area contributed by atoms with Crippen molar-refractivity contribution in [1.82, 2.24) is 0 Å². The smallest absolute Gasteiger partial charge is 0.340 e. The first-order chi connectivity index (χ1) is 9.52. The Kier molecular flexibility index (Phi) is 4.10. The molecule has 0 saturated heterocycles. The number of hydrogen-bond acceptors (Lipinski definition) is 4. The summed E-state index contributed by atoms with van der Waals surface area (Å²) in [5.74, 6) is -0.965. The maximum Gasteiger partial charge on any atom is 0.340 e. The van der Waals surface area contributed by atoms with Crippen LogP contribution < -0.4 is 11.1 Å². The summed E-state index contributed by atoms with van der Waals surface area (Å²) >= 11 is 5.93. The Morgan fingerprint density at radius 1 is 1.30 bits per heavy atom. The number of para-hydroxylation sites is 1. The van der Waals surface area contributed by atoms with E-state index in [9.17, 15) is 9.18 Å². The maximum absolute atomic E-state index is 13.0. The highest BCUT2D eigenvalue weighted by atomic mass is 35.5. The lowest BCUT2D eigenvalue weighted by molar-refractivity contribution is 0.0602. The van der Waals surface area contributed by atoms with Gasteiger partial charge in [0.25, 0.3) is 0 Å². The van der Waals surface area contributed by atoms with Crippen LogP contribution >= 0.6 is 11.6 Å². The van der Waals surface area contributed by atoms with Crippen LogP contribution in [0.3, 0.4) is 0 Å². The van der Waals surface area contributed by atoms with Crippen molar-refractivity contribution < 1.29 is 13.9 Å². The van der Waals surface area contributed by atoms with Gasteiger partial charge in [0, 0.05) is 0 Å². The molecule has 0 aliphatic rings. The van der Waals surface area contributed by atoms with Crippen molar-refractivity contribution in [3.8, 4) is 0 Å². The Morgan fingerprint density at radius 2 is 2.05 bits per heavy atom. The van der Waals surface area contributed by atoms with E-state index < -0.39 is 11.8 Å². The first-order valence-electron chi connectivity index (χ1n) is 5.72. The van der Waals surface area contributed by atoms with Gasteiger partial charge in [-0.1, -0.05) is 17.7 Å². The number of rotatable bonds is 3. The van der Waals surface area contributed by atoms with Gasteiger partial charge in [-0.25, -0.2) is 9.18 Å². The average molecular weight is 295 g/mol. The second-order valence-corrected chi connectivity index (χ2v) is 4.41. The minimum Gasteiger partial charge on any atom is -0.465 e. The summed E-state index contributed by atoms with van der Waals surface area (Å²) in [5.41, 5.74) is 7.36. The molecular weight excluding hydrogens is 283 g/mol. The lowest BCUT2D eigenvalue weighted by atomic mass is 10.1. The van der Waals surface area contributed by atoms with E-state index in [1.807, 2.05) is 0 Å². The van der Waals surface area contributed by atoms with Gasteiger partial charge in [0.15, 0.2) is 0 Å². The van der Waals surface area contributed by atoms with Gasteiger partial charge in [-0.2, -0.15) is 0 Å². The Bertz CT molecular complexity index is 662. The molecule has 0 heterocycles. The van der Waals surface area contributed by atoms with E-state index in [0.717, 1.165) is 0 Å². The number of carbonyl (C=O) groups excluding carboxylic acids is 1. The number of esters is 1. The standard InChI is InChI=1S/C14H12ClFN2O2/c1-20-14(19)9-3-2-4-12(13(9)17)18-11-6-5-8(16)7-10(11)15/h2-7,18H,17H2,1H3.